The molecule has 0 aliphatic carbocycles. The van der Waals surface area contributed by atoms with E-state index in [-0.39, 0.29) is 0 Å². The molecule has 0 rings (SSSR count). The Bertz CT molecular complexity index is 230. The first-order valence-corrected chi connectivity index (χ1v) is 5.68. The average Bonchev–Trinajstić information content (AvgIpc) is 2.25. The molecule has 0 aromatic rings. The maximum absolute atomic E-state index is 11.6. The second-order valence-electron chi connectivity index (χ2n) is 3.32. The van der Waals surface area contributed by atoms with Gasteiger partial charge in [0.25, 0.3) is 0 Å². The molecular weight excluding hydrogens is 210 g/mol. The topological polar surface area (TPSA) is 55.8 Å². The summed E-state index contributed by atoms with van der Waals surface area (Å²) in [7, 11) is 0. The van der Waals surface area contributed by atoms with E-state index in [0.717, 1.165) is 6.42 Å². The molecule has 0 saturated carbocycles. The number of carbonyl (C=O) groups is 2. The second kappa shape index (κ2) is 7.96. The third-order valence-electron chi connectivity index (χ3n) is 2.06. The molecule has 0 aromatic heterocycles. The molecule has 0 spiro atoms. The summed E-state index contributed by atoms with van der Waals surface area (Å²) in [6, 6.07) is -0.598. The van der Waals surface area contributed by atoms with Gasteiger partial charge >= 0.3 is 12.1 Å². The van der Waals surface area contributed by atoms with E-state index in [9.17, 15) is 9.59 Å². The fraction of sp³-hybridized carbons (Fsp3) is 0.818. The van der Waals surface area contributed by atoms with Crippen LogP contribution in [0.1, 0.15) is 34.1 Å². The number of hydrogen-bond acceptors (Lipinski definition) is 4. The van der Waals surface area contributed by atoms with Gasteiger partial charge in [-0.05, 0) is 27.2 Å². The van der Waals surface area contributed by atoms with Crippen LogP contribution in [0.3, 0.4) is 0 Å². The quantitative estimate of drug-likeness (QED) is 0.654. The number of nitrogens with zero attached hydrogens (tertiary/aromatic N) is 1. The number of amides is 1. The summed E-state index contributed by atoms with van der Waals surface area (Å²) < 4.78 is 9.76. The van der Waals surface area contributed by atoms with E-state index in [0.29, 0.717) is 19.8 Å². The molecule has 0 aliphatic rings. The molecule has 0 radical (unpaired) electrons. The summed E-state index contributed by atoms with van der Waals surface area (Å²) >= 11 is 0. The van der Waals surface area contributed by atoms with Gasteiger partial charge in [0.2, 0.25) is 0 Å². The van der Waals surface area contributed by atoms with E-state index in [2.05, 4.69) is 0 Å². The van der Waals surface area contributed by atoms with Gasteiger partial charge in [-0.15, -0.1) is 0 Å². The van der Waals surface area contributed by atoms with Crippen LogP contribution in [0.5, 0.6) is 0 Å². The maximum atomic E-state index is 11.6. The van der Waals surface area contributed by atoms with E-state index in [1.54, 1.807) is 20.8 Å². The summed E-state index contributed by atoms with van der Waals surface area (Å²) in [4.78, 5) is 24.5. The van der Waals surface area contributed by atoms with Crippen LogP contribution in [-0.2, 0) is 14.3 Å². The predicted molar refractivity (Wildman–Crippen MR) is 60.1 cm³/mol. The van der Waals surface area contributed by atoms with E-state index in [1.165, 1.54) is 4.90 Å². The Kier molecular flexibility index (Phi) is 7.33. The van der Waals surface area contributed by atoms with Crippen LogP contribution >= 0.6 is 0 Å². The van der Waals surface area contributed by atoms with Gasteiger partial charge in [0.1, 0.15) is 6.04 Å². The third kappa shape index (κ3) is 4.51. The zero-order chi connectivity index (χ0) is 12.6. The van der Waals surface area contributed by atoms with Crippen LogP contribution < -0.4 is 0 Å². The monoisotopic (exact) mass is 231 g/mol. The Morgan fingerprint density at radius 2 is 1.69 bits per heavy atom. The Morgan fingerprint density at radius 1 is 1.12 bits per heavy atom. The summed E-state index contributed by atoms with van der Waals surface area (Å²) in [5, 5.41) is 0. The van der Waals surface area contributed by atoms with Crippen LogP contribution in [0.15, 0.2) is 0 Å². The zero-order valence-electron chi connectivity index (χ0n) is 10.5. The number of hydrogen-bond donors (Lipinski definition) is 0. The van der Waals surface area contributed by atoms with Crippen molar-refractivity contribution < 1.29 is 19.1 Å². The molecular formula is C11H21NO4. The Morgan fingerprint density at radius 3 is 2.12 bits per heavy atom. The van der Waals surface area contributed by atoms with Crippen molar-refractivity contribution in [1.29, 1.82) is 0 Å². The van der Waals surface area contributed by atoms with Crippen molar-refractivity contribution in [3.8, 4) is 0 Å². The van der Waals surface area contributed by atoms with E-state index in [4.69, 9.17) is 9.47 Å². The van der Waals surface area contributed by atoms with Crippen molar-refractivity contribution in [2.75, 3.05) is 19.8 Å². The first kappa shape index (κ1) is 14.7. The van der Waals surface area contributed by atoms with Crippen LogP contribution in [-0.4, -0.2) is 42.8 Å². The fourth-order valence-corrected chi connectivity index (χ4v) is 1.28. The fourth-order valence-electron chi connectivity index (χ4n) is 1.28. The van der Waals surface area contributed by atoms with Crippen LogP contribution in [0.4, 0.5) is 4.79 Å². The first-order valence-electron chi connectivity index (χ1n) is 5.68. The highest BCUT2D eigenvalue weighted by molar-refractivity contribution is 5.81. The standard InChI is InChI=1S/C11H21NO4/c1-5-8-12(11(14)16-7-3)9(4)10(13)15-6-2/h9H,5-8H2,1-4H3/t9-/m0/s1. The van der Waals surface area contributed by atoms with Crippen LogP contribution in [0.25, 0.3) is 0 Å². The normalized spacial score (nSPS) is 11.8. The second-order valence-corrected chi connectivity index (χ2v) is 3.32. The summed E-state index contributed by atoms with van der Waals surface area (Å²) in [5.41, 5.74) is 0. The highest BCUT2D eigenvalue weighted by Gasteiger charge is 2.26. The van der Waals surface area contributed by atoms with Gasteiger partial charge in [0.15, 0.2) is 0 Å². The van der Waals surface area contributed by atoms with E-state index >= 15 is 0 Å². The first-order chi connectivity index (χ1) is 7.58. The predicted octanol–water partition coefficient (Wildman–Crippen LogP) is 1.81. The van der Waals surface area contributed by atoms with Gasteiger partial charge in [0, 0.05) is 6.54 Å². The number of rotatable bonds is 6. The highest BCUT2D eigenvalue weighted by atomic mass is 16.6. The molecule has 0 unspecified atom stereocenters. The van der Waals surface area contributed by atoms with Crippen LogP contribution in [0.2, 0.25) is 0 Å². The van der Waals surface area contributed by atoms with Gasteiger partial charge in [-0.2, -0.15) is 0 Å². The number of ether oxygens (including phenoxy) is 2. The van der Waals surface area contributed by atoms with Crippen molar-refractivity contribution in [2.45, 2.75) is 40.2 Å². The zero-order valence-corrected chi connectivity index (χ0v) is 10.5. The molecule has 5 heteroatoms. The average molecular weight is 231 g/mol. The van der Waals surface area contributed by atoms with E-state index in [1.807, 2.05) is 6.92 Å². The Labute approximate surface area is 96.7 Å². The summed E-state index contributed by atoms with van der Waals surface area (Å²) in [6.07, 6.45) is 0.299. The molecule has 16 heavy (non-hydrogen) atoms. The molecule has 0 aromatic carbocycles. The number of esters is 1. The molecule has 0 N–H and O–H groups in total. The van der Waals surface area contributed by atoms with Crippen LogP contribution in [0, 0.1) is 0 Å². The lowest BCUT2D eigenvalue weighted by molar-refractivity contribution is -0.148. The Hall–Kier alpha value is -1.26. The van der Waals surface area contributed by atoms with Crippen molar-refractivity contribution >= 4 is 12.1 Å². The minimum Gasteiger partial charge on any atom is -0.464 e. The molecule has 0 aliphatic heterocycles. The molecule has 1 atom stereocenters. The number of carbonyl (C=O) groups excluding carboxylic acids is 2. The van der Waals surface area contributed by atoms with E-state index < -0.39 is 18.1 Å². The molecule has 0 heterocycles. The van der Waals surface area contributed by atoms with Gasteiger partial charge in [-0.25, -0.2) is 9.59 Å². The molecule has 5 nitrogen and oxygen atoms in total. The highest BCUT2D eigenvalue weighted by Crippen LogP contribution is 2.05. The van der Waals surface area contributed by atoms with Gasteiger partial charge < -0.3 is 9.47 Å². The molecule has 0 saturated heterocycles. The largest absolute Gasteiger partial charge is 0.464 e. The van der Waals surface area contributed by atoms with Gasteiger partial charge in [-0.3, -0.25) is 4.90 Å². The Balaban J connectivity index is 4.50. The minimum absolute atomic E-state index is 0.300. The SMILES string of the molecule is CCCN(C(=O)OCC)[C@@H](C)C(=O)OCC. The van der Waals surface area contributed by atoms with Gasteiger partial charge in [0.05, 0.1) is 13.2 Å². The van der Waals surface area contributed by atoms with Gasteiger partial charge in [-0.1, -0.05) is 6.92 Å². The minimum atomic E-state index is -0.598. The molecule has 94 valence electrons. The smallest absolute Gasteiger partial charge is 0.410 e. The third-order valence-corrected chi connectivity index (χ3v) is 2.06. The lowest BCUT2D eigenvalue weighted by Crippen LogP contribution is -2.44. The molecule has 1 amide bonds. The lowest BCUT2D eigenvalue weighted by Gasteiger charge is -2.26. The van der Waals surface area contributed by atoms with Crippen molar-refractivity contribution in [2.24, 2.45) is 0 Å². The summed E-state index contributed by atoms with van der Waals surface area (Å²) in [6.45, 7) is 8.14. The molecule has 0 fully saturated rings. The van der Waals surface area contributed by atoms with Crippen molar-refractivity contribution in [1.82, 2.24) is 4.90 Å². The lowest BCUT2D eigenvalue weighted by atomic mass is 10.3. The van der Waals surface area contributed by atoms with Crippen molar-refractivity contribution in [3.05, 3.63) is 0 Å². The van der Waals surface area contributed by atoms with Crippen molar-refractivity contribution in [3.63, 3.8) is 0 Å². The summed E-state index contributed by atoms with van der Waals surface area (Å²) in [5.74, 6) is -0.399. The molecule has 0 bridgehead atoms. The maximum Gasteiger partial charge on any atom is 0.410 e.